The number of carbonyl (C=O) groups excluding carboxylic acids is 2. The second-order valence-electron chi connectivity index (χ2n) is 1.90. The molecule has 1 aliphatic heterocycles. The van der Waals surface area contributed by atoms with Crippen molar-refractivity contribution in [2.75, 3.05) is 6.54 Å². The second-order valence-corrected chi connectivity index (χ2v) is 1.90. The standard InChI is InChI=1S/C6H7NO2/c8-5-1-2-7-4-6(9)3-5/h1-2,7H,3-4H2. The van der Waals surface area contributed by atoms with Gasteiger partial charge in [-0.3, -0.25) is 9.59 Å². The highest BCUT2D eigenvalue weighted by Crippen LogP contribution is 1.90. The van der Waals surface area contributed by atoms with E-state index in [-0.39, 0.29) is 24.5 Å². The molecule has 1 heterocycles. The van der Waals surface area contributed by atoms with Gasteiger partial charge in [-0.15, -0.1) is 0 Å². The van der Waals surface area contributed by atoms with Crippen molar-refractivity contribution in [3.63, 3.8) is 0 Å². The zero-order valence-corrected chi connectivity index (χ0v) is 4.89. The molecule has 0 spiro atoms. The molecule has 0 amide bonds. The number of ketones is 2. The Kier molecular flexibility index (Phi) is 1.63. The monoisotopic (exact) mass is 125 g/mol. The Hall–Kier alpha value is -1.12. The second kappa shape index (κ2) is 2.44. The Balaban J connectivity index is 2.61. The first kappa shape index (κ1) is 6.01. The number of Topliss-reactive ketones (excluding diaryl/α,β-unsaturated/α-hetero) is 1. The van der Waals surface area contributed by atoms with Crippen LogP contribution in [-0.4, -0.2) is 18.1 Å². The van der Waals surface area contributed by atoms with Crippen molar-refractivity contribution in [2.45, 2.75) is 6.42 Å². The summed E-state index contributed by atoms with van der Waals surface area (Å²) in [6, 6.07) is 0. The molecule has 0 radical (unpaired) electrons. The van der Waals surface area contributed by atoms with Gasteiger partial charge < -0.3 is 5.32 Å². The van der Waals surface area contributed by atoms with E-state index in [2.05, 4.69) is 5.32 Å². The maximum absolute atomic E-state index is 10.6. The van der Waals surface area contributed by atoms with E-state index in [1.807, 2.05) is 0 Å². The van der Waals surface area contributed by atoms with E-state index in [4.69, 9.17) is 0 Å². The lowest BCUT2D eigenvalue weighted by molar-refractivity contribution is -0.123. The average molecular weight is 125 g/mol. The highest BCUT2D eigenvalue weighted by Gasteiger charge is 2.07. The minimum atomic E-state index is -0.120. The van der Waals surface area contributed by atoms with Crippen molar-refractivity contribution in [1.82, 2.24) is 5.32 Å². The molecule has 0 saturated heterocycles. The quantitative estimate of drug-likeness (QED) is 0.449. The van der Waals surface area contributed by atoms with Crippen LogP contribution in [0.3, 0.4) is 0 Å². The lowest BCUT2D eigenvalue weighted by atomic mass is 10.2. The van der Waals surface area contributed by atoms with Crippen molar-refractivity contribution in [2.24, 2.45) is 0 Å². The number of rotatable bonds is 0. The Morgan fingerprint density at radius 2 is 2.22 bits per heavy atom. The molecule has 0 aromatic heterocycles. The molecule has 3 heteroatoms. The first-order chi connectivity index (χ1) is 4.29. The van der Waals surface area contributed by atoms with Crippen molar-refractivity contribution in [3.05, 3.63) is 12.3 Å². The van der Waals surface area contributed by atoms with Crippen LogP contribution in [0.1, 0.15) is 6.42 Å². The average Bonchev–Trinajstić information content (AvgIpc) is 1.93. The minimum absolute atomic E-state index is 0.0451. The Morgan fingerprint density at radius 1 is 1.44 bits per heavy atom. The Labute approximate surface area is 52.7 Å². The third-order valence-corrected chi connectivity index (χ3v) is 1.06. The smallest absolute Gasteiger partial charge is 0.164 e. The van der Waals surface area contributed by atoms with E-state index in [1.165, 1.54) is 12.3 Å². The summed E-state index contributed by atoms with van der Waals surface area (Å²) >= 11 is 0. The van der Waals surface area contributed by atoms with Gasteiger partial charge in [0.25, 0.3) is 0 Å². The van der Waals surface area contributed by atoms with Crippen LogP contribution in [0, 0.1) is 0 Å². The fourth-order valence-corrected chi connectivity index (χ4v) is 0.640. The van der Waals surface area contributed by atoms with Crippen LogP contribution >= 0.6 is 0 Å². The number of nitrogens with one attached hydrogen (secondary N) is 1. The highest BCUT2D eigenvalue weighted by atomic mass is 16.1. The van der Waals surface area contributed by atoms with Gasteiger partial charge in [0.15, 0.2) is 11.6 Å². The predicted molar refractivity (Wildman–Crippen MR) is 31.8 cm³/mol. The van der Waals surface area contributed by atoms with Gasteiger partial charge in [-0.2, -0.15) is 0 Å². The molecule has 9 heavy (non-hydrogen) atoms. The Bertz CT molecular complexity index is 172. The summed E-state index contributed by atoms with van der Waals surface area (Å²) in [5, 5.41) is 2.68. The van der Waals surface area contributed by atoms with E-state index in [1.54, 1.807) is 0 Å². The molecule has 0 unspecified atom stereocenters. The van der Waals surface area contributed by atoms with Gasteiger partial charge in [0.1, 0.15) is 0 Å². The maximum Gasteiger partial charge on any atom is 0.164 e. The van der Waals surface area contributed by atoms with Crippen LogP contribution in [0.4, 0.5) is 0 Å². The maximum atomic E-state index is 10.6. The van der Waals surface area contributed by atoms with Crippen LogP contribution in [-0.2, 0) is 9.59 Å². The summed E-state index contributed by atoms with van der Waals surface area (Å²) in [5.74, 6) is -0.171. The molecule has 3 nitrogen and oxygen atoms in total. The van der Waals surface area contributed by atoms with Crippen molar-refractivity contribution < 1.29 is 9.59 Å². The van der Waals surface area contributed by atoms with Crippen LogP contribution in [0.25, 0.3) is 0 Å². The van der Waals surface area contributed by atoms with Gasteiger partial charge in [0, 0.05) is 6.20 Å². The molecule has 0 atom stereocenters. The zero-order valence-electron chi connectivity index (χ0n) is 4.89. The summed E-state index contributed by atoms with van der Waals surface area (Å²) in [4.78, 5) is 21.1. The zero-order chi connectivity index (χ0) is 6.69. The number of hydrogen-bond acceptors (Lipinski definition) is 3. The highest BCUT2D eigenvalue weighted by molar-refractivity contribution is 6.05. The number of allylic oxidation sites excluding steroid dienone is 1. The van der Waals surface area contributed by atoms with Gasteiger partial charge in [0.2, 0.25) is 0 Å². The number of hydrogen-bond donors (Lipinski definition) is 1. The third-order valence-electron chi connectivity index (χ3n) is 1.06. The molecule has 0 aromatic carbocycles. The lowest BCUT2D eigenvalue weighted by Gasteiger charge is -1.90. The molecule has 1 rings (SSSR count). The van der Waals surface area contributed by atoms with Crippen molar-refractivity contribution in [3.8, 4) is 0 Å². The molecule has 0 fully saturated rings. The van der Waals surface area contributed by atoms with E-state index < -0.39 is 0 Å². The van der Waals surface area contributed by atoms with E-state index in [0.717, 1.165) is 0 Å². The van der Waals surface area contributed by atoms with Crippen LogP contribution in [0.15, 0.2) is 12.3 Å². The van der Waals surface area contributed by atoms with Crippen molar-refractivity contribution >= 4 is 11.6 Å². The molecule has 1 aliphatic rings. The molecule has 0 saturated carbocycles. The summed E-state index contributed by atoms with van der Waals surface area (Å²) < 4.78 is 0. The lowest BCUT2D eigenvalue weighted by Crippen LogP contribution is -2.16. The molecule has 0 aromatic rings. The molecular weight excluding hydrogens is 118 g/mol. The molecule has 1 N–H and O–H groups in total. The third kappa shape index (κ3) is 1.68. The Morgan fingerprint density at radius 3 is 3.00 bits per heavy atom. The summed E-state index contributed by atoms with van der Waals surface area (Å²) in [7, 11) is 0. The van der Waals surface area contributed by atoms with E-state index in [0.29, 0.717) is 0 Å². The van der Waals surface area contributed by atoms with Gasteiger partial charge in [-0.1, -0.05) is 0 Å². The van der Waals surface area contributed by atoms with E-state index >= 15 is 0 Å². The molecule has 0 bridgehead atoms. The van der Waals surface area contributed by atoms with Gasteiger partial charge in [-0.25, -0.2) is 0 Å². The summed E-state index contributed by atoms with van der Waals surface area (Å²) in [5.41, 5.74) is 0. The minimum Gasteiger partial charge on any atom is -0.384 e. The topological polar surface area (TPSA) is 46.2 Å². The van der Waals surface area contributed by atoms with Gasteiger partial charge in [0.05, 0.1) is 13.0 Å². The number of carbonyl (C=O) groups is 2. The summed E-state index contributed by atoms with van der Waals surface area (Å²) in [6.07, 6.45) is 2.93. The molecule has 0 aliphatic carbocycles. The van der Waals surface area contributed by atoms with Crippen LogP contribution in [0.5, 0.6) is 0 Å². The van der Waals surface area contributed by atoms with E-state index in [9.17, 15) is 9.59 Å². The van der Waals surface area contributed by atoms with Crippen LogP contribution in [0.2, 0.25) is 0 Å². The van der Waals surface area contributed by atoms with Crippen molar-refractivity contribution in [1.29, 1.82) is 0 Å². The van der Waals surface area contributed by atoms with Gasteiger partial charge in [-0.05, 0) is 6.08 Å². The summed E-state index contributed by atoms with van der Waals surface area (Å²) in [6.45, 7) is 0.280. The molecular formula is C6H7NO2. The molecule has 48 valence electrons. The fourth-order valence-electron chi connectivity index (χ4n) is 0.640. The first-order valence-corrected chi connectivity index (χ1v) is 2.73. The predicted octanol–water partition coefficient (Wildman–Crippen LogP) is -0.368. The SMILES string of the molecule is O=C1C=CNCC(=O)C1. The normalized spacial score (nSPS) is 19.1. The largest absolute Gasteiger partial charge is 0.384 e. The fraction of sp³-hybridized carbons (Fsp3) is 0.333. The van der Waals surface area contributed by atoms with Crippen LogP contribution < -0.4 is 5.32 Å². The first-order valence-electron chi connectivity index (χ1n) is 2.73. The van der Waals surface area contributed by atoms with Gasteiger partial charge >= 0.3 is 0 Å².